The van der Waals surface area contributed by atoms with Crippen LogP contribution < -0.4 is 0 Å². The average Bonchev–Trinajstić information content (AvgIpc) is 3.06. The second-order valence-corrected chi connectivity index (χ2v) is 6.99. The topological polar surface area (TPSA) is 73.1 Å². The minimum Gasteiger partial charge on any atom is -0.379 e. The first-order chi connectivity index (χ1) is 12.6. The zero-order valence-corrected chi connectivity index (χ0v) is 15.8. The Morgan fingerprint density at radius 3 is 2.81 bits per heavy atom. The van der Waals surface area contributed by atoms with Crippen LogP contribution in [0, 0.1) is 19.8 Å². The molecule has 0 saturated carbocycles. The first-order valence-electron chi connectivity index (χ1n) is 9.16. The fourth-order valence-corrected chi connectivity index (χ4v) is 3.63. The molecule has 1 aliphatic rings. The molecule has 1 aliphatic heterocycles. The summed E-state index contributed by atoms with van der Waals surface area (Å²) in [6.07, 6.45) is 2.44. The predicted octanol–water partition coefficient (Wildman–Crippen LogP) is 1.79. The Kier molecular flexibility index (Phi) is 5.98. The van der Waals surface area contributed by atoms with Crippen molar-refractivity contribution in [3.8, 4) is 0 Å². The van der Waals surface area contributed by atoms with E-state index in [2.05, 4.69) is 46.7 Å². The van der Waals surface area contributed by atoms with Crippen LogP contribution in [0.25, 0.3) is 0 Å². The third-order valence-electron chi connectivity index (χ3n) is 5.34. The summed E-state index contributed by atoms with van der Waals surface area (Å²) in [6.45, 7) is 5.93. The summed E-state index contributed by atoms with van der Waals surface area (Å²) in [5.41, 5.74) is 2.69. The van der Waals surface area contributed by atoms with Gasteiger partial charge in [0, 0.05) is 26.6 Å². The number of methoxy groups -OCH3 is 1. The van der Waals surface area contributed by atoms with Crippen molar-refractivity contribution < 1.29 is 9.53 Å². The van der Waals surface area contributed by atoms with Gasteiger partial charge in [0.25, 0.3) is 0 Å². The molecule has 1 amide bonds. The number of carbonyl (C=O) groups excluding carboxylic acids is 1. The summed E-state index contributed by atoms with van der Waals surface area (Å²) in [5, 5.41) is 11.3. The van der Waals surface area contributed by atoms with Crippen LogP contribution in [0.3, 0.4) is 0 Å². The molecule has 1 aromatic heterocycles. The highest BCUT2D eigenvalue weighted by atomic mass is 16.5. The number of tetrazole rings is 1. The van der Waals surface area contributed by atoms with E-state index in [-0.39, 0.29) is 12.0 Å². The lowest BCUT2D eigenvalue weighted by molar-refractivity contribution is -0.136. The van der Waals surface area contributed by atoms with Crippen LogP contribution >= 0.6 is 0 Å². The Morgan fingerprint density at radius 2 is 2.12 bits per heavy atom. The van der Waals surface area contributed by atoms with Crippen LogP contribution in [0.2, 0.25) is 0 Å². The van der Waals surface area contributed by atoms with Crippen LogP contribution in [0.1, 0.15) is 29.8 Å². The van der Waals surface area contributed by atoms with Crippen molar-refractivity contribution in [2.75, 3.05) is 20.2 Å². The SMILES string of the molecule is CO[C@@H]1CN(C(=O)CCn2nnnc2C)CC[C@@H]1Cc1ccccc1C. The van der Waals surface area contributed by atoms with Gasteiger partial charge in [0.05, 0.1) is 12.6 Å². The molecule has 3 rings (SSSR count). The van der Waals surface area contributed by atoms with E-state index in [9.17, 15) is 4.79 Å². The maximum absolute atomic E-state index is 12.6. The van der Waals surface area contributed by atoms with Crippen LogP contribution in [0.4, 0.5) is 0 Å². The molecular formula is C19H27N5O2. The zero-order valence-electron chi connectivity index (χ0n) is 15.8. The fraction of sp³-hybridized carbons (Fsp3) is 0.579. The van der Waals surface area contributed by atoms with Gasteiger partial charge in [0.15, 0.2) is 0 Å². The van der Waals surface area contributed by atoms with E-state index in [1.807, 2.05) is 11.8 Å². The van der Waals surface area contributed by atoms with E-state index in [4.69, 9.17) is 4.74 Å². The summed E-state index contributed by atoms with van der Waals surface area (Å²) in [5.74, 6) is 1.30. The summed E-state index contributed by atoms with van der Waals surface area (Å²) >= 11 is 0. The van der Waals surface area contributed by atoms with E-state index >= 15 is 0 Å². The number of benzene rings is 1. The smallest absolute Gasteiger partial charge is 0.224 e. The molecule has 2 atom stereocenters. The van der Waals surface area contributed by atoms with Gasteiger partial charge >= 0.3 is 0 Å². The number of aromatic nitrogens is 4. The molecular weight excluding hydrogens is 330 g/mol. The molecule has 1 saturated heterocycles. The molecule has 0 bridgehead atoms. The quantitative estimate of drug-likeness (QED) is 0.788. The van der Waals surface area contributed by atoms with Crippen molar-refractivity contribution in [2.24, 2.45) is 5.92 Å². The lowest BCUT2D eigenvalue weighted by atomic mass is 9.86. The molecule has 2 aromatic rings. The molecule has 7 heteroatoms. The van der Waals surface area contributed by atoms with Crippen molar-refractivity contribution >= 4 is 5.91 Å². The summed E-state index contributed by atoms with van der Waals surface area (Å²) in [7, 11) is 1.74. The molecule has 0 aliphatic carbocycles. The first kappa shape index (κ1) is 18.5. The van der Waals surface area contributed by atoms with E-state index in [0.29, 0.717) is 25.4 Å². The van der Waals surface area contributed by atoms with E-state index in [1.165, 1.54) is 11.1 Å². The second kappa shape index (κ2) is 8.40. The van der Waals surface area contributed by atoms with Crippen molar-refractivity contribution in [1.29, 1.82) is 0 Å². The van der Waals surface area contributed by atoms with Crippen molar-refractivity contribution in [3.63, 3.8) is 0 Å². The number of hydrogen-bond donors (Lipinski definition) is 0. The van der Waals surface area contributed by atoms with Gasteiger partial charge in [-0.2, -0.15) is 0 Å². The standard InChI is InChI=1S/C19H27N5O2/c1-14-6-4-5-7-16(14)12-17-8-10-23(13-18(17)26-3)19(25)9-11-24-15(2)20-21-22-24/h4-7,17-18H,8-13H2,1-3H3/t17-,18-/m1/s1. The highest BCUT2D eigenvalue weighted by molar-refractivity contribution is 5.76. The Hall–Kier alpha value is -2.28. The molecule has 1 aromatic carbocycles. The van der Waals surface area contributed by atoms with Crippen molar-refractivity contribution in [1.82, 2.24) is 25.1 Å². The number of nitrogens with zero attached hydrogens (tertiary/aromatic N) is 5. The van der Waals surface area contributed by atoms with Crippen LogP contribution in [0.5, 0.6) is 0 Å². The number of amides is 1. The summed E-state index contributed by atoms with van der Waals surface area (Å²) < 4.78 is 7.40. The first-order valence-corrected chi connectivity index (χ1v) is 9.16. The number of likely N-dealkylation sites (tertiary alicyclic amines) is 1. The molecule has 0 N–H and O–H groups in total. The predicted molar refractivity (Wildman–Crippen MR) is 97.5 cm³/mol. The molecule has 0 radical (unpaired) electrons. The Morgan fingerprint density at radius 1 is 1.31 bits per heavy atom. The molecule has 140 valence electrons. The monoisotopic (exact) mass is 357 g/mol. The molecule has 2 heterocycles. The highest BCUT2D eigenvalue weighted by Gasteiger charge is 2.31. The number of aryl methyl sites for hydroxylation is 3. The normalized spacial score (nSPS) is 20.3. The minimum absolute atomic E-state index is 0.0714. The van der Waals surface area contributed by atoms with Gasteiger partial charge in [-0.3, -0.25) is 4.79 Å². The Labute approximate surface area is 154 Å². The molecule has 1 fully saturated rings. The number of ether oxygens (including phenoxy) is 1. The van der Waals surface area contributed by atoms with E-state index in [1.54, 1.807) is 11.8 Å². The molecule has 26 heavy (non-hydrogen) atoms. The minimum atomic E-state index is 0.0714. The molecule has 7 nitrogen and oxygen atoms in total. The van der Waals surface area contributed by atoms with Crippen LogP contribution in [0.15, 0.2) is 24.3 Å². The fourth-order valence-electron chi connectivity index (χ4n) is 3.63. The number of carbonyl (C=O) groups is 1. The largest absolute Gasteiger partial charge is 0.379 e. The lowest BCUT2D eigenvalue weighted by Crippen LogP contribution is -2.48. The Bertz CT molecular complexity index is 745. The van der Waals surface area contributed by atoms with Crippen LogP contribution in [-0.2, 0) is 22.5 Å². The maximum atomic E-state index is 12.6. The lowest BCUT2D eigenvalue weighted by Gasteiger charge is -2.38. The summed E-state index contributed by atoms with van der Waals surface area (Å²) in [6, 6.07) is 8.49. The second-order valence-electron chi connectivity index (χ2n) is 6.99. The third-order valence-corrected chi connectivity index (χ3v) is 5.34. The third kappa shape index (κ3) is 4.27. The van der Waals surface area contributed by atoms with Crippen molar-refractivity contribution in [3.05, 3.63) is 41.2 Å². The number of piperidine rings is 1. The number of hydrogen-bond acceptors (Lipinski definition) is 5. The van der Waals surface area contributed by atoms with E-state index < -0.39 is 0 Å². The van der Waals surface area contributed by atoms with Gasteiger partial charge in [-0.25, -0.2) is 4.68 Å². The molecule has 0 unspecified atom stereocenters. The number of rotatable bonds is 6. The highest BCUT2D eigenvalue weighted by Crippen LogP contribution is 2.26. The van der Waals surface area contributed by atoms with E-state index in [0.717, 1.165) is 25.2 Å². The van der Waals surface area contributed by atoms with Gasteiger partial charge in [-0.15, -0.1) is 5.10 Å². The van der Waals surface area contributed by atoms with Gasteiger partial charge in [0.1, 0.15) is 5.82 Å². The van der Waals surface area contributed by atoms with Gasteiger partial charge in [0.2, 0.25) is 5.91 Å². The van der Waals surface area contributed by atoms with Gasteiger partial charge in [-0.1, -0.05) is 24.3 Å². The average molecular weight is 357 g/mol. The van der Waals surface area contributed by atoms with Gasteiger partial charge < -0.3 is 9.64 Å². The van der Waals surface area contributed by atoms with Crippen molar-refractivity contribution in [2.45, 2.75) is 45.8 Å². The van der Waals surface area contributed by atoms with Gasteiger partial charge in [-0.05, 0) is 54.2 Å². The summed E-state index contributed by atoms with van der Waals surface area (Å²) in [4.78, 5) is 14.5. The zero-order chi connectivity index (χ0) is 18.5. The van der Waals surface area contributed by atoms with Crippen LogP contribution in [-0.4, -0.2) is 57.3 Å². The maximum Gasteiger partial charge on any atom is 0.224 e. The Balaban J connectivity index is 1.56. The molecule has 0 spiro atoms.